The summed E-state index contributed by atoms with van der Waals surface area (Å²) in [5.41, 5.74) is 1.96. The lowest BCUT2D eigenvalue weighted by atomic mass is 10.1. The number of hydrogen-bond acceptors (Lipinski definition) is 9. The molecule has 188 valence electrons. The number of benzene rings is 2. The van der Waals surface area contributed by atoms with Crippen LogP contribution in [0, 0.1) is 0 Å². The summed E-state index contributed by atoms with van der Waals surface area (Å²) in [6, 6.07) is 10.4. The number of methoxy groups -OCH3 is 4. The topological polar surface area (TPSA) is 90.4 Å². The van der Waals surface area contributed by atoms with Gasteiger partial charge in [-0.15, -0.1) is 11.3 Å². The molecule has 0 saturated carbocycles. The first-order valence-corrected chi connectivity index (χ1v) is 13.3. The van der Waals surface area contributed by atoms with Crippen LogP contribution in [0.2, 0.25) is 0 Å². The number of hydrogen-bond donors (Lipinski definition) is 0. The predicted molar refractivity (Wildman–Crippen MR) is 135 cm³/mol. The second-order valence-electron chi connectivity index (χ2n) is 7.88. The Hall–Kier alpha value is -3.02. The minimum Gasteiger partial charge on any atom is -0.497 e. The highest BCUT2D eigenvalue weighted by atomic mass is 32.2. The van der Waals surface area contributed by atoms with E-state index in [1.54, 1.807) is 37.7 Å². The van der Waals surface area contributed by atoms with Crippen LogP contribution in [0.25, 0.3) is 0 Å². The zero-order chi connectivity index (χ0) is 25.0. The van der Waals surface area contributed by atoms with Crippen molar-refractivity contribution in [1.82, 2.24) is 9.29 Å². The Morgan fingerprint density at radius 1 is 0.857 bits per heavy atom. The van der Waals surface area contributed by atoms with Gasteiger partial charge in [-0.3, -0.25) is 0 Å². The quantitative estimate of drug-likeness (QED) is 0.426. The van der Waals surface area contributed by atoms with Crippen molar-refractivity contribution in [2.75, 3.05) is 59.5 Å². The van der Waals surface area contributed by atoms with E-state index in [-0.39, 0.29) is 4.90 Å². The Morgan fingerprint density at radius 2 is 1.57 bits per heavy atom. The monoisotopic (exact) mass is 519 g/mol. The Labute approximate surface area is 209 Å². The zero-order valence-corrected chi connectivity index (χ0v) is 21.8. The average Bonchev–Trinajstić information content (AvgIpc) is 3.37. The molecule has 35 heavy (non-hydrogen) atoms. The van der Waals surface area contributed by atoms with Crippen LogP contribution in [-0.2, 0) is 16.4 Å². The predicted octanol–water partition coefficient (Wildman–Crippen LogP) is 3.28. The number of piperazine rings is 1. The van der Waals surface area contributed by atoms with Crippen LogP contribution in [0.5, 0.6) is 23.0 Å². The van der Waals surface area contributed by atoms with E-state index in [0.29, 0.717) is 44.1 Å². The Morgan fingerprint density at radius 3 is 2.23 bits per heavy atom. The van der Waals surface area contributed by atoms with Crippen molar-refractivity contribution in [2.24, 2.45) is 0 Å². The lowest BCUT2D eigenvalue weighted by molar-refractivity contribution is 0.353. The van der Waals surface area contributed by atoms with Gasteiger partial charge in [0, 0.05) is 55.7 Å². The molecule has 2 aromatic carbocycles. The van der Waals surface area contributed by atoms with Gasteiger partial charge in [0.2, 0.25) is 10.0 Å². The van der Waals surface area contributed by atoms with Gasteiger partial charge in [0.15, 0.2) is 16.6 Å². The molecule has 2 heterocycles. The number of sulfonamides is 1. The second kappa shape index (κ2) is 10.7. The first-order valence-electron chi connectivity index (χ1n) is 11.0. The normalized spacial score (nSPS) is 14.6. The van der Waals surface area contributed by atoms with Gasteiger partial charge < -0.3 is 23.8 Å². The van der Waals surface area contributed by atoms with E-state index >= 15 is 0 Å². The van der Waals surface area contributed by atoms with Crippen molar-refractivity contribution in [3.63, 3.8) is 0 Å². The fraction of sp³-hybridized carbons (Fsp3) is 0.375. The van der Waals surface area contributed by atoms with E-state index in [1.807, 2.05) is 23.6 Å². The molecule has 4 rings (SSSR count). The van der Waals surface area contributed by atoms with Gasteiger partial charge in [0.05, 0.1) is 39.0 Å². The van der Waals surface area contributed by atoms with Crippen LogP contribution in [0.1, 0.15) is 11.3 Å². The molecule has 0 bridgehead atoms. The first kappa shape index (κ1) is 25.1. The molecule has 0 amide bonds. The molecule has 1 aliphatic heterocycles. The summed E-state index contributed by atoms with van der Waals surface area (Å²) < 4.78 is 49.1. The first-order chi connectivity index (χ1) is 16.9. The minimum atomic E-state index is -3.64. The van der Waals surface area contributed by atoms with E-state index in [4.69, 9.17) is 23.9 Å². The van der Waals surface area contributed by atoms with Crippen molar-refractivity contribution in [3.05, 3.63) is 53.0 Å². The van der Waals surface area contributed by atoms with Crippen molar-refractivity contribution in [2.45, 2.75) is 11.3 Å². The number of ether oxygens (including phenoxy) is 4. The third kappa shape index (κ3) is 5.31. The minimum absolute atomic E-state index is 0.188. The maximum Gasteiger partial charge on any atom is 0.243 e. The molecule has 1 saturated heterocycles. The van der Waals surface area contributed by atoms with Crippen LogP contribution in [0.3, 0.4) is 0 Å². The summed E-state index contributed by atoms with van der Waals surface area (Å²) in [6.45, 7) is 1.87. The fourth-order valence-electron chi connectivity index (χ4n) is 3.96. The third-order valence-electron chi connectivity index (χ3n) is 5.91. The molecule has 1 fully saturated rings. The lowest BCUT2D eigenvalue weighted by Gasteiger charge is -2.33. The van der Waals surface area contributed by atoms with E-state index in [1.165, 1.54) is 24.6 Å². The highest BCUT2D eigenvalue weighted by Gasteiger charge is 2.30. The van der Waals surface area contributed by atoms with Gasteiger partial charge in [0.25, 0.3) is 0 Å². The molecule has 0 aliphatic carbocycles. The molecular weight excluding hydrogens is 490 g/mol. The van der Waals surface area contributed by atoms with Gasteiger partial charge in [0.1, 0.15) is 11.5 Å². The van der Waals surface area contributed by atoms with Crippen LogP contribution in [0.4, 0.5) is 5.13 Å². The third-order valence-corrected chi connectivity index (χ3v) is 8.75. The Kier molecular flexibility index (Phi) is 7.68. The van der Waals surface area contributed by atoms with Crippen molar-refractivity contribution >= 4 is 26.5 Å². The molecule has 1 aromatic heterocycles. The van der Waals surface area contributed by atoms with Crippen LogP contribution in [0.15, 0.2) is 46.7 Å². The molecule has 0 unspecified atom stereocenters. The number of rotatable bonds is 9. The average molecular weight is 520 g/mol. The number of aromatic nitrogens is 1. The van der Waals surface area contributed by atoms with Crippen molar-refractivity contribution < 1.29 is 27.4 Å². The summed E-state index contributed by atoms with van der Waals surface area (Å²) in [7, 11) is 2.62. The van der Waals surface area contributed by atoms with Crippen molar-refractivity contribution in [1.29, 1.82) is 0 Å². The zero-order valence-electron chi connectivity index (χ0n) is 20.2. The SMILES string of the molecule is COc1ccc(Cc2csc(N3CCN(S(=O)(=O)c4ccc(OC)c(OC)c4)CC3)n2)c(OC)c1. The molecule has 3 aromatic rings. The summed E-state index contributed by atoms with van der Waals surface area (Å²) in [5.74, 6) is 2.37. The van der Waals surface area contributed by atoms with Gasteiger partial charge in [-0.1, -0.05) is 6.07 Å². The summed E-state index contributed by atoms with van der Waals surface area (Å²) in [5, 5.41) is 2.92. The summed E-state index contributed by atoms with van der Waals surface area (Å²) in [6.07, 6.45) is 0.636. The van der Waals surface area contributed by atoms with Gasteiger partial charge in [-0.25, -0.2) is 13.4 Å². The van der Waals surface area contributed by atoms with Crippen LogP contribution < -0.4 is 23.8 Å². The van der Waals surface area contributed by atoms with E-state index in [9.17, 15) is 8.42 Å². The maximum atomic E-state index is 13.2. The molecule has 0 radical (unpaired) electrons. The van der Waals surface area contributed by atoms with Gasteiger partial charge in [-0.2, -0.15) is 4.31 Å². The molecule has 11 heteroatoms. The highest BCUT2D eigenvalue weighted by Crippen LogP contribution is 2.32. The van der Waals surface area contributed by atoms with E-state index < -0.39 is 10.0 Å². The van der Waals surface area contributed by atoms with Gasteiger partial charge >= 0.3 is 0 Å². The molecule has 0 spiro atoms. The standard InChI is InChI=1S/C24H29N3O6S2/c1-30-19-6-5-17(22(14-19)32-3)13-18-16-34-24(25-18)26-9-11-27(12-10-26)35(28,29)20-7-8-21(31-2)23(15-20)33-4/h5-8,14-16H,9-13H2,1-4H3. The van der Waals surface area contributed by atoms with Crippen molar-refractivity contribution in [3.8, 4) is 23.0 Å². The number of nitrogens with zero attached hydrogens (tertiary/aromatic N) is 3. The van der Waals surface area contributed by atoms with E-state index in [0.717, 1.165) is 27.9 Å². The molecule has 1 aliphatic rings. The largest absolute Gasteiger partial charge is 0.497 e. The Bertz CT molecular complexity index is 1270. The molecular formula is C24H29N3O6S2. The van der Waals surface area contributed by atoms with Crippen LogP contribution >= 0.6 is 11.3 Å². The summed E-state index contributed by atoms with van der Waals surface area (Å²) in [4.78, 5) is 7.11. The number of anilines is 1. The molecule has 0 atom stereocenters. The highest BCUT2D eigenvalue weighted by molar-refractivity contribution is 7.89. The maximum absolute atomic E-state index is 13.2. The molecule has 9 nitrogen and oxygen atoms in total. The fourth-order valence-corrected chi connectivity index (χ4v) is 6.28. The van der Waals surface area contributed by atoms with E-state index in [2.05, 4.69) is 4.90 Å². The Balaban J connectivity index is 1.42. The van der Waals surface area contributed by atoms with Gasteiger partial charge in [-0.05, 0) is 18.2 Å². The summed E-state index contributed by atoms with van der Waals surface area (Å²) >= 11 is 1.56. The smallest absolute Gasteiger partial charge is 0.243 e. The van der Waals surface area contributed by atoms with Crippen LogP contribution in [-0.4, -0.2) is 72.3 Å². The molecule has 0 N–H and O–H groups in total. The lowest BCUT2D eigenvalue weighted by Crippen LogP contribution is -2.48. The second-order valence-corrected chi connectivity index (χ2v) is 10.7. The number of thiazole rings is 1.